The zero-order chi connectivity index (χ0) is 13.5. The van der Waals surface area contributed by atoms with Crippen molar-refractivity contribution in [3.8, 4) is 11.5 Å². The smallest absolute Gasteiger partial charge is 0.202 e. The summed E-state index contributed by atoms with van der Waals surface area (Å²) >= 11 is 0. The molecule has 0 aromatic carbocycles. The lowest BCUT2D eigenvalue weighted by Crippen LogP contribution is -2.44. The molecule has 2 bridgehead atoms. The Morgan fingerprint density at radius 1 is 1.25 bits per heavy atom. The molecule has 1 N–H and O–H groups in total. The Bertz CT molecular complexity index is 564. The number of hydrogen-bond donors (Lipinski definition) is 1. The van der Waals surface area contributed by atoms with Gasteiger partial charge in [0.1, 0.15) is 0 Å². The van der Waals surface area contributed by atoms with Gasteiger partial charge in [-0.2, -0.15) is 0 Å². The lowest BCUT2D eigenvalue weighted by Gasteiger charge is -2.36. The molecule has 106 valence electrons. The molecule has 2 fully saturated rings. The van der Waals surface area contributed by atoms with E-state index in [0.29, 0.717) is 23.6 Å². The van der Waals surface area contributed by atoms with Crippen molar-refractivity contribution < 1.29 is 14.0 Å². The predicted molar refractivity (Wildman–Crippen MR) is 71.8 cm³/mol. The summed E-state index contributed by atoms with van der Waals surface area (Å²) in [5, 5.41) is 14.0. The fourth-order valence-electron chi connectivity index (χ4n) is 3.61. The molecule has 0 amide bonds. The van der Waals surface area contributed by atoms with Crippen molar-refractivity contribution >= 4 is 0 Å². The van der Waals surface area contributed by atoms with Crippen LogP contribution in [0, 0.1) is 0 Å². The van der Waals surface area contributed by atoms with Crippen LogP contribution >= 0.6 is 0 Å². The third-order valence-corrected chi connectivity index (χ3v) is 4.53. The molecule has 0 aliphatic carbocycles. The number of aliphatic hydroxyl groups excluding tert-OH is 1. The Hall–Kier alpha value is -1.59. The van der Waals surface area contributed by atoms with E-state index in [-0.39, 0.29) is 6.10 Å². The van der Waals surface area contributed by atoms with Crippen LogP contribution in [0.3, 0.4) is 0 Å². The van der Waals surface area contributed by atoms with Crippen molar-refractivity contribution in [2.75, 3.05) is 0 Å². The second-order valence-corrected chi connectivity index (χ2v) is 5.84. The van der Waals surface area contributed by atoms with Gasteiger partial charge in [0.15, 0.2) is 5.76 Å². The highest BCUT2D eigenvalue weighted by atomic mass is 16.5. The van der Waals surface area contributed by atoms with Crippen molar-refractivity contribution in [2.24, 2.45) is 0 Å². The summed E-state index contributed by atoms with van der Waals surface area (Å²) in [4.78, 5) is 2.47. The average Bonchev–Trinajstić information content (AvgIpc) is 3.12. The highest BCUT2D eigenvalue weighted by Crippen LogP contribution is 2.36. The molecule has 2 aromatic heterocycles. The van der Waals surface area contributed by atoms with E-state index in [9.17, 15) is 5.11 Å². The van der Waals surface area contributed by atoms with Gasteiger partial charge in [0.2, 0.25) is 5.76 Å². The van der Waals surface area contributed by atoms with E-state index in [0.717, 1.165) is 25.1 Å². The molecule has 5 heteroatoms. The molecule has 2 atom stereocenters. The number of furan rings is 1. The Labute approximate surface area is 117 Å². The van der Waals surface area contributed by atoms with Gasteiger partial charge in [0.25, 0.3) is 0 Å². The maximum Gasteiger partial charge on any atom is 0.202 e. The lowest BCUT2D eigenvalue weighted by atomic mass is 10.00. The number of aromatic nitrogens is 1. The number of rotatable bonds is 3. The molecule has 5 nitrogen and oxygen atoms in total. The van der Waals surface area contributed by atoms with Crippen molar-refractivity contribution in [1.82, 2.24) is 10.1 Å². The number of hydrogen-bond acceptors (Lipinski definition) is 5. The summed E-state index contributed by atoms with van der Waals surface area (Å²) < 4.78 is 10.7. The first-order valence-electron chi connectivity index (χ1n) is 7.23. The predicted octanol–water partition coefficient (Wildman–Crippen LogP) is 2.42. The minimum atomic E-state index is -0.125. The van der Waals surface area contributed by atoms with E-state index < -0.39 is 0 Å². The van der Waals surface area contributed by atoms with E-state index in [1.54, 1.807) is 6.26 Å². The summed E-state index contributed by atoms with van der Waals surface area (Å²) in [6.07, 6.45) is 5.65. The number of aliphatic hydroxyl groups is 1. The SMILES string of the molecule is OC1CC2CCC(C1)N2Cc1cc(-c2ccco2)on1. The second kappa shape index (κ2) is 4.75. The fourth-order valence-corrected chi connectivity index (χ4v) is 3.61. The molecule has 0 saturated carbocycles. The Balaban J connectivity index is 1.50. The molecule has 4 heterocycles. The summed E-state index contributed by atoms with van der Waals surface area (Å²) in [6.45, 7) is 0.798. The van der Waals surface area contributed by atoms with Gasteiger partial charge in [-0.15, -0.1) is 0 Å². The van der Waals surface area contributed by atoms with Gasteiger partial charge in [-0.25, -0.2) is 0 Å². The highest BCUT2D eigenvalue weighted by molar-refractivity contribution is 5.49. The summed E-state index contributed by atoms with van der Waals surface area (Å²) in [5.74, 6) is 1.38. The first-order chi connectivity index (χ1) is 9.79. The minimum absolute atomic E-state index is 0.125. The number of piperidine rings is 1. The van der Waals surface area contributed by atoms with E-state index >= 15 is 0 Å². The average molecular weight is 274 g/mol. The van der Waals surface area contributed by atoms with Gasteiger partial charge < -0.3 is 14.0 Å². The van der Waals surface area contributed by atoms with Crippen LogP contribution < -0.4 is 0 Å². The van der Waals surface area contributed by atoms with E-state index in [4.69, 9.17) is 8.94 Å². The summed E-state index contributed by atoms with van der Waals surface area (Å²) in [6, 6.07) is 6.64. The van der Waals surface area contributed by atoms with Gasteiger partial charge in [-0.05, 0) is 37.8 Å². The standard InChI is InChI=1S/C15H18N2O3/c18-13-7-11-3-4-12(8-13)17(11)9-10-6-15(20-16-10)14-2-1-5-19-14/h1-2,5-6,11-13,18H,3-4,7-9H2. The zero-order valence-corrected chi connectivity index (χ0v) is 11.2. The van der Waals surface area contributed by atoms with Crippen molar-refractivity contribution in [1.29, 1.82) is 0 Å². The topological polar surface area (TPSA) is 62.6 Å². The van der Waals surface area contributed by atoms with Gasteiger partial charge >= 0.3 is 0 Å². The van der Waals surface area contributed by atoms with Crippen molar-refractivity contribution in [3.63, 3.8) is 0 Å². The maximum atomic E-state index is 9.83. The van der Waals surface area contributed by atoms with E-state index in [1.807, 2.05) is 18.2 Å². The molecule has 4 rings (SSSR count). The highest BCUT2D eigenvalue weighted by Gasteiger charge is 2.40. The van der Waals surface area contributed by atoms with E-state index in [2.05, 4.69) is 10.1 Å². The first-order valence-corrected chi connectivity index (χ1v) is 7.23. The second-order valence-electron chi connectivity index (χ2n) is 5.84. The van der Waals surface area contributed by atoms with Gasteiger partial charge in [-0.3, -0.25) is 4.90 Å². The third kappa shape index (κ3) is 2.07. The molecule has 20 heavy (non-hydrogen) atoms. The largest absolute Gasteiger partial charge is 0.461 e. The quantitative estimate of drug-likeness (QED) is 0.931. The molecular formula is C15H18N2O3. The van der Waals surface area contributed by atoms with Crippen molar-refractivity contribution in [2.45, 2.75) is 50.4 Å². The van der Waals surface area contributed by atoms with Crippen LogP contribution in [0.15, 0.2) is 33.4 Å². The van der Waals surface area contributed by atoms with Gasteiger partial charge in [0, 0.05) is 24.7 Å². The van der Waals surface area contributed by atoms with Crippen LogP contribution in [0.4, 0.5) is 0 Å². The van der Waals surface area contributed by atoms with Crippen LogP contribution in [0.5, 0.6) is 0 Å². The first kappa shape index (κ1) is 12.2. The van der Waals surface area contributed by atoms with Crippen LogP contribution in [0.1, 0.15) is 31.4 Å². The molecule has 2 saturated heterocycles. The third-order valence-electron chi connectivity index (χ3n) is 4.53. The fraction of sp³-hybridized carbons (Fsp3) is 0.533. The molecule has 2 aliphatic heterocycles. The Kier molecular flexibility index (Phi) is 2.89. The number of fused-ring (bicyclic) bond motifs is 2. The van der Waals surface area contributed by atoms with Gasteiger partial charge in [-0.1, -0.05) is 5.16 Å². The molecule has 2 aromatic rings. The number of nitrogens with zero attached hydrogens (tertiary/aromatic N) is 2. The zero-order valence-electron chi connectivity index (χ0n) is 11.2. The summed E-state index contributed by atoms with van der Waals surface area (Å²) in [5.41, 5.74) is 0.935. The van der Waals surface area contributed by atoms with Gasteiger partial charge in [0.05, 0.1) is 18.1 Å². The lowest BCUT2D eigenvalue weighted by molar-refractivity contribution is 0.0299. The monoisotopic (exact) mass is 274 g/mol. The van der Waals surface area contributed by atoms with Crippen LogP contribution in [0.25, 0.3) is 11.5 Å². The maximum absolute atomic E-state index is 9.83. The molecule has 0 radical (unpaired) electrons. The Morgan fingerprint density at radius 2 is 2.05 bits per heavy atom. The van der Waals surface area contributed by atoms with Crippen LogP contribution in [-0.4, -0.2) is 33.4 Å². The minimum Gasteiger partial charge on any atom is -0.461 e. The van der Waals surface area contributed by atoms with E-state index in [1.165, 1.54) is 12.8 Å². The Morgan fingerprint density at radius 3 is 2.75 bits per heavy atom. The van der Waals surface area contributed by atoms with Crippen molar-refractivity contribution in [3.05, 3.63) is 30.2 Å². The molecule has 2 unspecified atom stereocenters. The normalized spacial score (nSPS) is 29.9. The molecular weight excluding hydrogens is 256 g/mol. The summed E-state index contributed by atoms with van der Waals surface area (Å²) in [7, 11) is 0. The molecule has 0 spiro atoms. The van der Waals surface area contributed by atoms with Crippen LogP contribution in [-0.2, 0) is 6.54 Å². The van der Waals surface area contributed by atoms with Crippen LogP contribution in [0.2, 0.25) is 0 Å². The molecule has 2 aliphatic rings.